The molecular formula is C8H6ClNO2. The molecule has 1 rings (SSSR count). The lowest BCUT2D eigenvalue weighted by molar-refractivity contribution is 0.235. The van der Waals surface area contributed by atoms with Crippen LogP contribution in [0.1, 0.15) is 11.7 Å². The molecule has 0 amide bonds. The molecule has 2 N–H and O–H groups in total. The second kappa shape index (κ2) is 3.44. The number of phenols is 1. The van der Waals surface area contributed by atoms with Gasteiger partial charge in [-0.1, -0.05) is 11.6 Å². The predicted molar refractivity (Wildman–Crippen MR) is 43.7 cm³/mol. The summed E-state index contributed by atoms with van der Waals surface area (Å²) in [5, 5.41) is 26.7. The molecule has 1 unspecified atom stereocenters. The van der Waals surface area contributed by atoms with Gasteiger partial charge in [0.2, 0.25) is 0 Å². The van der Waals surface area contributed by atoms with E-state index in [1.165, 1.54) is 18.2 Å². The molecule has 1 atom stereocenters. The minimum atomic E-state index is -1.24. The van der Waals surface area contributed by atoms with E-state index in [1.807, 2.05) is 0 Å². The third kappa shape index (κ3) is 1.88. The van der Waals surface area contributed by atoms with E-state index in [-0.39, 0.29) is 5.75 Å². The van der Waals surface area contributed by atoms with Crippen LogP contribution in [0.15, 0.2) is 18.2 Å². The Morgan fingerprint density at radius 1 is 1.42 bits per heavy atom. The maximum atomic E-state index is 9.05. The van der Waals surface area contributed by atoms with Gasteiger partial charge in [-0.2, -0.15) is 5.26 Å². The van der Waals surface area contributed by atoms with Crippen molar-refractivity contribution in [1.82, 2.24) is 0 Å². The van der Waals surface area contributed by atoms with E-state index in [0.717, 1.165) is 0 Å². The summed E-state index contributed by atoms with van der Waals surface area (Å²) in [5.74, 6) is -0.0631. The molecule has 0 bridgehead atoms. The molecule has 0 radical (unpaired) electrons. The number of aromatic hydroxyl groups is 1. The standard InChI is InChI=1S/C8H6ClNO2/c9-6-1-5(8(12)4-10)2-7(11)3-6/h1-3,8,11-12H. The number of rotatable bonds is 1. The fourth-order valence-corrected chi connectivity index (χ4v) is 1.07. The number of phenolic OH excluding ortho intramolecular Hbond substituents is 1. The smallest absolute Gasteiger partial charge is 0.166 e. The highest BCUT2D eigenvalue weighted by Crippen LogP contribution is 2.23. The van der Waals surface area contributed by atoms with Gasteiger partial charge in [0.25, 0.3) is 0 Å². The second-order valence-corrected chi connectivity index (χ2v) is 2.71. The number of hydrogen-bond acceptors (Lipinski definition) is 3. The summed E-state index contributed by atoms with van der Waals surface area (Å²) in [5.41, 5.74) is 0.294. The van der Waals surface area contributed by atoms with E-state index in [4.69, 9.17) is 27.1 Å². The van der Waals surface area contributed by atoms with Crippen LogP contribution >= 0.6 is 11.6 Å². The number of aliphatic hydroxyl groups is 1. The molecule has 0 aromatic heterocycles. The average Bonchev–Trinajstić information content (AvgIpc) is 2.01. The highest BCUT2D eigenvalue weighted by molar-refractivity contribution is 6.30. The van der Waals surface area contributed by atoms with Crippen LogP contribution in [-0.4, -0.2) is 10.2 Å². The van der Waals surface area contributed by atoms with Gasteiger partial charge in [-0.3, -0.25) is 0 Å². The molecule has 0 saturated heterocycles. The molecule has 0 saturated carbocycles. The van der Waals surface area contributed by atoms with E-state index in [0.29, 0.717) is 10.6 Å². The maximum absolute atomic E-state index is 9.05. The Kier molecular flexibility index (Phi) is 2.54. The summed E-state index contributed by atoms with van der Waals surface area (Å²) in [6.45, 7) is 0. The molecule has 0 aliphatic rings. The molecule has 1 aromatic carbocycles. The zero-order chi connectivity index (χ0) is 9.14. The van der Waals surface area contributed by atoms with Crippen molar-refractivity contribution in [3.05, 3.63) is 28.8 Å². The molecular weight excluding hydrogens is 178 g/mol. The number of benzene rings is 1. The lowest BCUT2D eigenvalue weighted by Crippen LogP contribution is -1.92. The van der Waals surface area contributed by atoms with Gasteiger partial charge in [0.15, 0.2) is 6.10 Å². The predicted octanol–water partition coefficient (Wildman–Crippen LogP) is 1.60. The minimum Gasteiger partial charge on any atom is -0.508 e. The molecule has 0 heterocycles. The van der Waals surface area contributed by atoms with Crippen LogP contribution in [0.4, 0.5) is 0 Å². The Balaban J connectivity index is 3.10. The van der Waals surface area contributed by atoms with E-state index in [2.05, 4.69) is 0 Å². The monoisotopic (exact) mass is 183 g/mol. The van der Waals surface area contributed by atoms with Crippen LogP contribution in [0.3, 0.4) is 0 Å². The largest absolute Gasteiger partial charge is 0.508 e. The van der Waals surface area contributed by atoms with Gasteiger partial charge >= 0.3 is 0 Å². The van der Waals surface area contributed by atoms with Crippen LogP contribution in [0.25, 0.3) is 0 Å². The lowest BCUT2D eigenvalue weighted by atomic mass is 10.1. The van der Waals surface area contributed by atoms with Crippen LogP contribution in [0, 0.1) is 11.3 Å². The summed E-state index contributed by atoms with van der Waals surface area (Å²) in [7, 11) is 0. The van der Waals surface area contributed by atoms with E-state index >= 15 is 0 Å². The summed E-state index contributed by atoms with van der Waals surface area (Å²) < 4.78 is 0. The Hall–Kier alpha value is -1.24. The third-order valence-corrected chi connectivity index (χ3v) is 1.56. The van der Waals surface area contributed by atoms with Gasteiger partial charge in [0, 0.05) is 5.02 Å². The average molecular weight is 184 g/mol. The van der Waals surface area contributed by atoms with Gasteiger partial charge in [0.1, 0.15) is 5.75 Å². The van der Waals surface area contributed by atoms with Crippen molar-refractivity contribution in [1.29, 1.82) is 5.26 Å². The van der Waals surface area contributed by atoms with E-state index in [9.17, 15) is 0 Å². The highest BCUT2D eigenvalue weighted by Gasteiger charge is 2.07. The molecule has 4 heteroatoms. The Bertz CT molecular complexity index is 312. The van der Waals surface area contributed by atoms with Gasteiger partial charge in [0.05, 0.1) is 6.07 Å². The van der Waals surface area contributed by atoms with Gasteiger partial charge in [-0.15, -0.1) is 0 Å². The molecule has 62 valence electrons. The van der Waals surface area contributed by atoms with E-state index in [1.54, 1.807) is 6.07 Å². The first-order valence-electron chi connectivity index (χ1n) is 3.20. The Labute approximate surface area is 74.4 Å². The quantitative estimate of drug-likeness (QED) is 0.650. The first kappa shape index (κ1) is 8.85. The summed E-state index contributed by atoms with van der Waals surface area (Å²) in [6.07, 6.45) is -1.24. The molecule has 3 nitrogen and oxygen atoms in total. The SMILES string of the molecule is N#CC(O)c1cc(O)cc(Cl)c1. The number of aliphatic hydroxyl groups excluding tert-OH is 1. The topological polar surface area (TPSA) is 64.2 Å². The van der Waals surface area contributed by atoms with Crippen LogP contribution in [0.5, 0.6) is 5.75 Å². The first-order chi connectivity index (χ1) is 5.63. The fraction of sp³-hybridized carbons (Fsp3) is 0.125. The van der Waals surface area contributed by atoms with Crippen LogP contribution in [0.2, 0.25) is 5.02 Å². The van der Waals surface area contributed by atoms with Crippen molar-refractivity contribution in [3.63, 3.8) is 0 Å². The maximum Gasteiger partial charge on any atom is 0.166 e. The number of hydrogen-bond donors (Lipinski definition) is 2. The zero-order valence-electron chi connectivity index (χ0n) is 6.03. The third-order valence-electron chi connectivity index (χ3n) is 1.34. The zero-order valence-corrected chi connectivity index (χ0v) is 6.78. The molecule has 0 aliphatic carbocycles. The summed E-state index contributed by atoms with van der Waals surface area (Å²) >= 11 is 5.57. The number of nitriles is 1. The van der Waals surface area contributed by atoms with Gasteiger partial charge in [-0.05, 0) is 23.8 Å². The van der Waals surface area contributed by atoms with Gasteiger partial charge < -0.3 is 10.2 Å². The fourth-order valence-electron chi connectivity index (χ4n) is 0.829. The number of halogens is 1. The first-order valence-corrected chi connectivity index (χ1v) is 3.58. The Morgan fingerprint density at radius 3 is 2.58 bits per heavy atom. The van der Waals surface area contributed by atoms with Crippen molar-refractivity contribution in [2.24, 2.45) is 0 Å². The Morgan fingerprint density at radius 2 is 2.08 bits per heavy atom. The van der Waals surface area contributed by atoms with Crippen LogP contribution < -0.4 is 0 Å². The summed E-state index contributed by atoms with van der Waals surface area (Å²) in [6, 6.07) is 5.67. The van der Waals surface area contributed by atoms with Crippen molar-refractivity contribution in [2.45, 2.75) is 6.10 Å². The minimum absolute atomic E-state index is 0.0631. The normalized spacial score (nSPS) is 12.1. The van der Waals surface area contributed by atoms with E-state index < -0.39 is 6.10 Å². The molecule has 12 heavy (non-hydrogen) atoms. The van der Waals surface area contributed by atoms with Crippen molar-refractivity contribution in [3.8, 4) is 11.8 Å². The molecule has 1 aromatic rings. The summed E-state index contributed by atoms with van der Waals surface area (Å²) in [4.78, 5) is 0. The van der Waals surface area contributed by atoms with Crippen molar-refractivity contribution >= 4 is 11.6 Å². The lowest BCUT2D eigenvalue weighted by Gasteiger charge is -2.02. The van der Waals surface area contributed by atoms with Gasteiger partial charge in [-0.25, -0.2) is 0 Å². The molecule has 0 fully saturated rings. The number of nitrogens with zero attached hydrogens (tertiary/aromatic N) is 1. The second-order valence-electron chi connectivity index (χ2n) is 2.27. The van der Waals surface area contributed by atoms with Crippen LogP contribution in [-0.2, 0) is 0 Å². The molecule has 0 aliphatic heterocycles. The van der Waals surface area contributed by atoms with Crippen molar-refractivity contribution in [2.75, 3.05) is 0 Å². The van der Waals surface area contributed by atoms with Crippen molar-refractivity contribution < 1.29 is 10.2 Å². The highest BCUT2D eigenvalue weighted by atomic mass is 35.5. The molecule has 0 spiro atoms.